The third-order valence-corrected chi connectivity index (χ3v) is 9.80. The monoisotopic (exact) mass is 539 g/mol. The van der Waals surface area contributed by atoms with Crippen LogP contribution in [0.15, 0.2) is 60.7 Å². The van der Waals surface area contributed by atoms with Crippen LogP contribution in [0.5, 0.6) is 0 Å². The van der Waals surface area contributed by atoms with E-state index in [2.05, 4.69) is 31.9 Å². The fourth-order valence-corrected chi connectivity index (χ4v) is 7.55. The van der Waals surface area contributed by atoms with Gasteiger partial charge >= 0.3 is 5.97 Å². The Labute approximate surface area is 188 Å². The number of β-lactam (4-membered cyclic amide) rings is 1. The number of rotatable bonds is 4. The van der Waals surface area contributed by atoms with Crippen molar-refractivity contribution in [2.24, 2.45) is 0 Å². The van der Waals surface area contributed by atoms with Gasteiger partial charge in [-0.1, -0.05) is 92.5 Å². The molecule has 0 spiro atoms. The molecular formula is C21H19Br2NO4S. The summed E-state index contributed by atoms with van der Waals surface area (Å²) in [5, 5.41) is -0.630. The van der Waals surface area contributed by atoms with Crippen LogP contribution in [-0.4, -0.2) is 40.4 Å². The van der Waals surface area contributed by atoms with Crippen LogP contribution in [-0.2, 0) is 25.1 Å². The maximum absolute atomic E-state index is 13.3. The zero-order valence-corrected chi connectivity index (χ0v) is 19.7. The maximum Gasteiger partial charge on any atom is 0.331 e. The average molecular weight is 541 g/mol. The maximum atomic E-state index is 13.3. The molecule has 0 aliphatic carbocycles. The lowest BCUT2D eigenvalue weighted by molar-refractivity contribution is -0.164. The SMILES string of the molecule is CC1(C)C(C(=O)OC(c2ccccc2)c2ccccc2)N2C(=O)C(Br)(Br)C2S1=O. The first-order valence-corrected chi connectivity index (χ1v) is 11.9. The predicted octanol–water partition coefficient (Wildman–Crippen LogP) is 3.88. The minimum atomic E-state index is -1.46. The fraction of sp³-hybridized carbons (Fsp3) is 0.333. The summed E-state index contributed by atoms with van der Waals surface area (Å²) in [5.41, 5.74) is 1.65. The number of carbonyl (C=O) groups excluding carboxylic acids is 2. The molecule has 2 aromatic rings. The first kappa shape index (κ1) is 20.8. The molecule has 0 N–H and O–H groups in total. The molecular weight excluding hydrogens is 522 g/mol. The van der Waals surface area contributed by atoms with E-state index in [1.165, 1.54) is 4.90 Å². The van der Waals surface area contributed by atoms with Crippen LogP contribution in [0.4, 0.5) is 0 Å². The number of alkyl halides is 2. The number of hydrogen-bond acceptors (Lipinski definition) is 4. The largest absolute Gasteiger partial charge is 0.451 e. The first-order chi connectivity index (χ1) is 13.7. The van der Waals surface area contributed by atoms with Crippen LogP contribution in [0.25, 0.3) is 0 Å². The number of amides is 1. The highest BCUT2D eigenvalue weighted by molar-refractivity contribution is 9.26. The van der Waals surface area contributed by atoms with Crippen molar-refractivity contribution in [2.45, 2.75) is 39.3 Å². The van der Waals surface area contributed by atoms with Crippen LogP contribution in [0.3, 0.4) is 0 Å². The Hall–Kier alpha value is -1.51. The Balaban J connectivity index is 1.68. The molecule has 152 valence electrons. The average Bonchev–Trinajstić information content (AvgIpc) is 2.92. The van der Waals surface area contributed by atoms with Crippen molar-refractivity contribution in [3.05, 3.63) is 71.8 Å². The summed E-state index contributed by atoms with van der Waals surface area (Å²) in [7, 11) is -1.46. The standard InChI is InChI=1S/C21H19Br2NO4S/c1-20(2)16(24-18(26)21(22,23)19(24)29(20)27)17(25)28-15(13-9-5-3-6-10-13)14-11-7-4-8-12-14/h3-12,15-16,19H,1-2H3. The van der Waals surface area contributed by atoms with E-state index in [1.807, 2.05) is 60.7 Å². The van der Waals surface area contributed by atoms with Crippen molar-refractivity contribution in [2.75, 3.05) is 0 Å². The van der Waals surface area contributed by atoms with E-state index in [0.717, 1.165) is 11.1 Å². The van der Waals surface area contributed by atoms with E-state index in [1.54, 1.807) is 13.8 Å². The molecule has 2 fully saturated rings. The number of ether oxygens (including phenoxy) is 1. The van der Waals surface area contributed by atoms with Crippen molar-refractivity contribution in [1.29, 1.82) is 0 Å². The van der Waals surface area contributed by atoms with Gasteiger partial charge in [-0.15, -0.1) is 0 Å². The molecule has 2 aliphatic heterocycles. The number of halogens is 2. The quantitative estimate of drug-likeness (QED) is 0.335. The molecule has 0 saturated carbocycles. The van der Waals surface area contributed by atoms with Crippen LogP contribution in [0.1, 0.15) is 31.1 Å². The van der Waals surface area contributed by atoms with Crippen molar-refractivity contribution in [3.8, 4) is 0 Å². The highest BCUT2D eigenvalue weighted by atomic mass is 79.9. The van der Waals surface area contributed by atoms with E-state index in [-0.39, 0.29) is 5.91 Å². The van der Waals surface area contributed by atoms with Crippen LogP contribution in [0.2, 0.25) is 0 Å². The molecule has 2 saturated heterocycles. The van der Waals surface area contributed by atoms with Crippen molar-refractivity contribution < 1.29 is 18.5 Å². The van der Waals surface area contributed by atoms with Gasteiger partial charge in [0.05, 0.1) is 15.5 Å². The normalized spacial score (nSPS) is 26.7. The zero-order valence-electron chi connectivity index (χ0n) is 15.7. The van der Waals surface area contributed by atoms with Gasteiger partial charge in [-0.2, -0.15) is 0 Å². The summed E-state index contributed by atoms with van der Waals surface area (Å²) >= 11 is 6.62. The van der Waals surface area contributed by atoms with E-state index < -0.39 is 42.3 Å². The second-order valence-electron chi connectivity index (χ2n) is 7.63. The second-order valence-corrected chi connectivity index (χ2v) is 13.3. The summed E-state index contributed by atoms with van der Waals surface area (Å²) in [6.45, 7) is 3.47. The number of hydrogen-bond donors (Lipinski definition) is 0. The van der Waals surface area contributed by atoms with Gasteiger partial charge in [0, 0.05) is 0 Å². The van der Waals surface area contributed by atoms with Crippen LogP contribution >= 0.6 is 31.9 Å². The third kappa shape index (κ3) is 3.20. The van der Waals surface area contributed by atoms with Gasteiger partial charge in [0.15, 0.2) is 9.34 Å². The second kappa shape index (κ2) is 7.32. The van der Waals surface area contributed by atoms with E-state index in [4.69, 9.17) is 4.74 Å². The fourth-order valence-electron chi connectivity index (χ4n) is 3.88. The minimum Gasteiger partial charge on any atom is -0.451 e. The smallest absolute Gasteiger partial charge is 0.331 e. The van der Waals surface area contributed by atoms with Gasteiger partial charge in [-0.05, 0) is 25.0 Å². The lowest BCUT2D eigenvalue weighted by Crippen LogP contribution is -2.69. The molecule has 4 rings (SSSR count). The molecule has 0 aromatic heterocycles. The zero-order chi connectivity index (χ0) is 21.0. The van der Waals surface area contributed by atoms with E-state index in [9.17, 15) is 13.8 Å². The molecule has 5 nitrogen and oxygen atoms in total. The van der Waals surface area contributed by atoms with Gasteiger partial charge in [0.1, 0.15) is 11.4 Å². The van der Waals surface area contributed by atoms with Gasteiger partial charge in [0.2, 0.25) is 0 Å². The Morgan fingerprint density at radius 2 is 1.52 bits per heavy atom. The summed E-state index contributed by atoms with van der Waals surface area (Å²) < 4.78 is 17.0. The molecule has 29 heavy (non-hydrogen) atoms. The number of esters is 1. The number of benzene rings is 2. The van der Waals surface area contributed by atoms with Gasteiger partial charge < -0.3 is 9.64 Å². The predicted molar refractivity (Wildman–Crippen MR) is 118 cm³/mol. The molecule has 1 amide bonds. The van der Waals surface area contributed by atoms with Crippen LogP contribution in [0, 0.1) is 0 Å². The minimum absolute atomic E-state index is 0.320. The highest BCUT2D eigenvalue weighted by Crippen LogP contribution is 2.55. The Morgan fingerprint density at radius 1 is 1.03 bits per heavy atom. The molecule has 2 heterocycles. The number of fused-ring (bicyclic) bond motifs is 1. The molecule has 2 aliphatic rings. The van der Waals surface area contributed by atoms with Crippen LogP contribution < -0.4 is 0 Å². The summed E-state index contributed by atoms with van der Waals surface area (Å²) in [4.78, 5) is 27.3. The topological polar surface area (TPSA) is 63.7 Å². The summed E-state index contributed by atoms with van der Waals surface area (Å²) in [6.07, 6.45) is -0.623. The Morgan fingerprint density at radius 3 is 2.00 bits per heavy atom. The molecule has 2 aromatic carbocycles. The first-order valence-electron chi connectivity index (χ1n) is 9.09. The lowest BCUT2D eigenvalue weighted by atomic mass is 9.97. The number of nitrogens with zero attached hydrogens (tertiary/aromatic N) is 1. The molecule has 3 atom stereocenters. The lowest BCUT2D eigenvalue weighted by Gasteiger charge is -2.46. The van der Waals surface area contributed by atoms with Gasteiger partial charge in [-0.3, -0.25) is 9.00 Å². The third-order valence-electron chi connectivity index (χ3n) is 5.40. The molecule has 0 radical (unpaired) electrons. The van der Waals surface area contributed by atoms with E-state index in [0.29, 0.717) is 0 Å². The van der Waals surface area contributed by atoms with Crippen molar-refractivity contribution in [1.82, 2.24) is 4.90 Å². The molecule has 3 unspecified atom stereocenters. The molecule has 0 bridgehead atoms. The van der Waals surface area contributed by atoms with E-state index >= 15 is 0 Å². The number of carbonyl (C=O) groups is 2. The van der Waals surface area contributed by atoms with Crippen molar-refractivity contribution >= 4 is 54.5 Å². The molecule has 8 heteroatoms. The Kier molecular flexibility index (Phi) is 5.24. The van der Waals surface area contributed by atoms with Crippen molar-refractivity contribution in [3.63, 3.8) is 0 Å². The summed E-state index contributed by atoms with van der Waals surface area (Å²) in [6, 6.07) is 17.9. The van der Waals surface area contributed by atoms with Gasteiger partial charge in [0.25, 0.3) is 5.91 Å². The Bertz CT molecular complexity index is 941. The summed E-state index contributed by atoms with van der Waals surface area (Å²) in [5.74, 6) is -0.883. The highest BCUT2D eigenvalue weighted by Gasteiger charge is 2.73. The van der Waals surface area contributed by atoms with Gasteiger partial charge in [-0.25, -0.2) is 4.79 Å².